The molecular formula is C11H15N2O+. The lowest BCUT2D eigenvalue weighted by atomic mass is 10.2. The molecule has 3 heteroatoms. The van der Waals surface area contributed by atoms with E-state index in [4.69, 9.17) is 0 Å². The van der Waals surface area contributed by atoms with Gasteiger partial charge in [0.2, 0.25) is 0 Å². The third kappa shape index (κ3) is 1.78. The molecule has 0 aliphatic rings. The fourth-order valence-electron chi connectivity index (χ4n) is 1.64. The number of quaternary nitrogens is 1. The maximum Gasteiger partial charge on any atom is 0.187 e. The lowest BCUT2D eigenvalue weighted by molar-refractivity contribution is -1.09. The van der Waals surface area contributed by atoms with Crippen molar-refractivity contribution in [3.63, 3.8) is 0 Å². The van der Waals surface area contributed by atoms with E-state index >= 15 is 0 Å². The summed E-state index contributed by atoms with van der Waals surface area (Å²) in [6, 6.07) is 10.2. The van der Waals surface area contributed by atoms with Gasteiger partial charge in [0.1, 0.15) is 0 Å². The summed E-state index contributed by atoms with van der Waals surface area (Å²) >= 11 is 0. The molecule has 74 valence electrons. The van der Waals surface area contributed by atoms with Gasteiger partial charge in [-0.25, -0.2) is 5.21 Å². The molecule has 2 rings (SSSR count). The number of aromatic nitrogens is 1. The smallest absolute Gasteiger partial charge is 0.187 e. The van der Waals surface area contributed by atoms with Crippen LogP contribution in [0.1, 0.15) is 0 Å². The first-order valence-electron chi connectivity index (χ1n) is 4.66. The van der Waals surface area contributed by atoms with E-state index in [1.54, 1.807) is 14.1 Å². The van der Waals surface area contributed by atoms with E-state index in [1.807, 2.05) is 18.3 Å². The van der Waals surface area contributed by atoms with E-state index in [0.717, 1.165) is 5.52 Å². The molecule has 0 aliphatic carbocycles. The second-order valence-electron chi connectivity index (χ2n) is 4.11. The minimum Gasteiger partial charge on any atom is -0.298 e. The Hall–Kier alpha value is -1.32. The van der Waals surface area contributed by atoms with Gasteiger partial charge in [0.05, 0.1) is 19.6 Å². The normalized spacial score (nSPS) is 12.2. The lowest BCUT2D eigenvalue weighted by Gasteiger charge is -2.20. The standard InChI is InChI=1S/C11H15N2O/c1-13(2,14)9-12-8-7-10-5-3-4-6-11(10)12/h3-8,14H,9H2,1-2H3/q+1. The molecular weight excluding hydrogens is 176 g/mol. The third-order valence-electron chi connectivity index (χ3n) is 2.18. The predicted molar refractivity (Wildman–Crippen MR) is 55.8 cm³/mol. The molecule has 14 heavy (non-hydrogen) atoms. The minimum atomic E-state index is -0.0569. The molecule has 2 aromatic rings. The van der Waals surface area contributed by atoms with Crippen molar-refractivity contribution in [1.29, 1.82) is 0 Å². The topological polar surface area (TPSA) is 25.2 Å². The van der Waals surface area contributed by atoms with Crippen LogP contribution in [-0.2, 0) is 6.67 Å². The number of hydrogen-bond acceptors (Lipinski definition) is 1. The van der Waals surface area contributed by atoms with Crippen molar-refractivity contribution in [2.75, 3.05) is 14.1 Å². The lowest BCUT2D eigenvalue weighted by Crippen LogP contribution is -2.36. The number of rotatable bonds is 2. The molecule has 0 saturated carbocycles. The van der Waals surface area contributed by atoms with Crippen LogP contribution in [0.5, 0.6) is 0 Å². The average molecular weight is 191 g/mol. The van der Waals surface area contributed by atoms with Crippen LogP contribution in [-0.4, -0.2) is 28.5 Å². The number of hydrogen-bond donors (Lipinski definition) is 1. The number of hydroxylamine groups is 3. The van der Waals surface area contributed by atoms with Crippen molar-refractivity contribution >= 4 is 10.9 Å². The fourth-order valence-corrected chi connectivity index (χ4v) is 1.64. The molecule has 0 spiro atoms. The Morgan fingerprint density at radius 1 is 1.21 bits per heavy atom. The molecule has 0 saturated heterocycles. The van der Waals surface area contributed by atoms with Crippen LogP contribution in [0.25, 0.3) is 10.9 Å². The second-order valence-corrected chi connectivity index (χ2v) is 4.11. The van der Waals surface area contributed by atoms with Crippen molar-refractivity contribution in [2.45, 2.75) is 6.67 Å². The Morgan fingerprint density at radius 2 is 1.93 bits per heavy atom. The van der Waals surface area contributed by atoms with Crippen molar-refractivity contribution < 1.29 is 9.85 Å². The minimum absolute atomic E-state index is 0.0569. The van der Waals surface area contributed by atoms with E-state index in [0.29, 0.717) is 6.67 Å². The van der Waals surface area contributed by atoms with Crippen LogP contribution >= 0.6 is 0 Å². The van der Waals surface area contributed by atoms with Gasteiger partial charge in [-0.3, -0.25) is 4.57 Å². The van der Waals surface area contributed by atoms with Crippen LogP contribution in [0, 0.1) is 0 Å². The monoisotopic (exact) mass is 191 g/mol. The fraction of sp³-hybridized carbons (Fsp3) is 0.273. The van der Waals surface area contributed by atoms with Gasteiger partial charge in [-0.15, -0.1) is 0 Å². The van der Waals surface area contributed by atoms with Crippen LogP contribution < -0.4 is 0 Å². The molecule has 0 fully saturated rings. The maximum atomic E-state index is 9.67. The van der Waals surface area contributed by atoms with Gasteiger partial charge in [-0.2, -0.15) is 4.65 Å². The quantitative estimate of drug-likeness (QED) is 0.570. The summed E-state index contributed by atoms with van der Waals surface area (Å²) in [5, 5.41) is 10.9. The highest BCUT2D eigenvalue weighted by Crippen LogP contribution is 2.15. The summed E-state index contributed by atoms with van der Waals surface area (Å²) in [7, 11) is 3.52. The van der Waals surface area contributed by atoms with Gasteiger partial charge in [-0.1, -0.05) is 18.2 Å². The van der Waals surface area contributed by atoms with Crippen LogP contribution in [0.2, 0.25) is 0 Å². The Labute approximate surface area is 83.3 Å². The van der Waals surface area contributed by atoms with E-state index in [9.17, 15) is 5.21 Å². The average Bonchev–Trinajstić information content (AvgIpc) is 2.47. The van der Waals surface area contributed by atoms with Gasteiger partial charge in [-0.05, 0) is 17.5 Å². The van der Waals surface area contributed by atoms with Gasteiger partial charge >= 0.3 is 0 Å². The summed E-state index contributed by atoms with van der Waals surface area (Å²) < 4.78 is 1.99. The molecule has 0 bridgehead atoms. The number of para-hydroxylation sites is 1. The zero-order valence-electron chi connectivity index (χ0n) is 8.51. The Bertz CT molecular complexity index is 440. The molecule has 1 heterocycles. The van der Waals surface area contributed by atoms with E-state index in [2.05, 4.69) is 22.8 Å². The van der Waals surface area contributed by atoms with Crippen LogP contribution in [0.3, 0.4) is 0 Å². The highest BCUT2D eigenvalue weighted by Gasteiger charge is 2.12. The highest BCUT2D eigenvalue weighted by molar-refractivity contribution is 5.79. The predicted octanol–water partition coefficient (Wildman–Crippen LogP) is 2.06. The first-order valence-corrected chi connectivity index (χ1v) is 4.66. The summed E-state index contributed by atoms with van der Waals surface area (Å²) in [5.74, 6) is 0. The number of benzene rings is 1. The first kappa shape index (κ1) is 9.24. The van der Waals surface area contributed by atoms with E-state index in [-0.39, 0.29) is 4.65 Å². The molecule has 0 atom stereocenters. The largest absolute Gasteiger partial charge is 0.298 e. The van der Waals surface area contributed by atoms with Crippen LogP contribution in [0.4, 0.5) is 0 Å². The van der Waals surface area contributed by atoms with Crippen molar-refractivity contribution in [3.8, 4) is 0 Å². The molecule has 0 radical (unpaired) electrons. The van der Waals surface area contributed by atoms with Gasteiger partial charge in [0.15, 0.2) is 6.67 Å². The van der Waals surface area contributed by atoms with Crippen molar-refractivity contribution in [1.82, 2.24) is 4.57 Å². The molecule has 3 nitrogen and oxygen atoms in total. The zero-order valence-corrected chi connectivity index (χ0v) is 8.51. The van der Waals surface area contributed by atoms with E-state index < -0.39 is 0 Å². The van der Waals surface area contributed by atoms with Gasteiger partial charge < -0.3 is 0 Å². The van der Waals surface area contributed by atoms with Crippen LogP contribution in [0.15, 0.2) is 36.5 Å². The number of nitrogens with zero attached hydrogens (tertiary/aromatic N) is 2. The highest BCUT2D eigenvalue weighted by atomic mass is 16.5. The van der Waals surface area contributed by atoms with Crippen molar-refractivity contribution in [3.05, 3.63) is 36.5 Å². The molecule has 1 aromatic heterocycles. The molecule has 0 aliphatic heterocycles. The molecule has 1 N–H and O–H groups in total. The summed E-state index contributed by atoms with van der Waals surface area (Å²) in [4.78, 5) is 0. The Kier molecular flexibility index (Phi) is 2.06. The maximum absolute atomic E-state index is 9.67. The Balaban J connectivity index is 2.44. The molecule has 0 unspecified atom stereocenters. The molecule has 1 aromatic carbocycles. The number of fused-ring (bicyclic) bond motifs is 1. The zero-order chi connectivity index (χ0) is 10.2. The molecule has 0 amide bonds. The SMILES string of the molecule is C[N+](C)(O)Cn1ccc2ccccc21. The first-order chi connectivity index (χ1) is 6.56. The van der Waals surface area contributed by atoms with E-state index in [1.165, 1.54) is 5.39 Å². The summed E-state index contributed by atoms with van der Waals surface area (Å²) in [6.07, 6.45) is 2.00. The van der Waals surface area contributed by atoms with Gasteiger partial charge in [0, 0.05) is 6.20 Å². The Morgan fingerprint density at radius 3 is 2.64 bits per heavy atom. The summed E-state index contributed by atoms with van der Waals surface area (Å²) in [5.41, 5.74) is 1.16. The third-order valence-corrected chi connectivity index (χ3v) is 2.18. The summed E-state index contributed by atoms with van der Waals surface area (Å²) in [6.45, 7) is 0.563. The second kappa shape index (κ2) is 3.12. The van der Waals surface area contributed by atoms with Crippen molar-refractivity contribution in [2.24, 2.45) is 0 Å². The van der Waals surface area contributed by atoms with Gasteiger partial charge in [0.25, 0.3) is 0 Å².